The second kappa shape index (κ2) is 15.2. The molecule has 1 aliphatic rings. The lowest BCUT2D eigenvalue weighted by atomic mass is 9.82. The van der Waals surface area contributed by atoms with Gasteiger partial charge in [0, 0.05) is 59.9 Å². The van der Waals surface area contributed by atoms with E-state index in [0.29, 0.717) is 0 Å². The molecule has 0 spiro atoms. The lowest BCUT2D eigenvalue weighted by Crippen LogP contribution is -2.16. The summed E-state index contributed by atoms with van der Waals surface area (Å²) in [6.07, 6.45) is 0. The Bertz CT molecular complexity index is 4830. The number of para-hydroxylation sites is 5. The molecule has 5 nitrogen and oxygen atoms in total. The molecule has 0 saturated carbocycles. The summed E-state index contributed by atoms with van der Waals surface area (Å²) in [4.78, 5) is 2.45. The molecule has 0 bridgehead atoms. The van der Waals surface area contributed by atoms with Crippen molar-refractivity contribution in [2.45, 2.75) is 19.3 Å². The Morgan fingerprint density at radius 1 is 0.365 bits per heavy atom. The van der Waals surface area contributed by atoms with Gasteiger partial charge in [-0.05, 0) is 112 Å². The quantitative estimate of drug-likeness (QED) is 0.167. The van der Waals surface area contributed by atoms with Gasteiger partial charge in [-0.1, -0.05) is 166 Å². The predicted octanol–water partition coefficient (Wildman–Crippen LogP) is 19.6. The molecule has 74 heavy (non-hydrogen) atoms. The first kappa shape index (κ1) is 41.1. The molecule has 4 aromatic heterocycles. The maximum Gasteiger partial charge on any atom is 0.159 e. The van der Waals surface area contributed by atoms with Crippen molar-refractivity contribution in [2.75, 3.05) is 4.90 Å². The zero-order chi connectivity index (χ0) is 48.8. The first-order valence-electron chi connectivity index (χ1n) is 25.4. The Morgan fingerprint density at radius 3 is 1.74 bits per heavy atom. The van der Waals surface area contributed by atoms with Crippen molar-refractivity contribution in [3.05, 3.63) is 242 Å². The molecule has 348 valence electrons. The number of furan rings is 3. The predicted molar refractivity (Wildman–Crippen MR) is 306 cm³/mol. The second-order valence-electron chi connectivity index (χ2n) is 20.3. The minimum absolute atomic E-state index is 0.180. The molecule has 0 aliphatic heterocycles. The third-order valence-electron chi connectivity index (χ3n) is 16.0. The standard InChI is InChI=1S/C69H44N2O3/c1-69(2)54-22-7-3-18-51(54)65-55(69)23-13-25-58(65)70(44-35-31-41(32-36-44)45-19-11-20-49-47-16-5-9-28-61(47)73-67(45)49)59-26-14-30-64-66(59)53-40-43(34-38-63(53)72-64)42-33-37-57-52(39-42)46-15-4-8-24-56(46)71(57)60-27-12-21-50-48-17-6-10-29-62(48)74-68(50)60/h3-40H,1-2H3. The van der Waals surface area contributed by atoms with Gasteiger partial charge >= 0.3 is 0 Å². The Kier molecular flexibility index (Phi) is 8.45. The summed E-state index contributed by atoms with van der Waals surface area (Å²) in [5, 5.41) is 8.94. The normalized spacial score (nSPS) is 13.1. The van der Waals surface area contributed by atoms with Crippen molar-refractivity contribution in [3.63, 3.8) is 0 Å². The zero-order valence-electron chi connectivity index (χ0n) is 40.6. The number of rotatable bonds is 6. The van der Waals surface area contributed by atoms with E-state index in [1.54, 1.807) is 0 Å². The van der Waals surface area contributed by atoms with Crippen LogP contribution in [0.1, 0.15) is 25.0 Å². The summed E-state index contributed by atoms with van der Waals surface area (Å²) >= 11 is 0. The van der Waals surface area contributed by atoms with Gasteiger partial charge in [0.15, 0.2) is 5.58 Å². The van der Waals surface area contributed by atoms with Crippen LogP contribution in [0.5, 0.6) is 0 Å². The number of benzene rings is 11. The van der Waals surface area contributed by atoms with Gasteiger partial charge < -0.3 is 22.7 Å². The van der Waals surface area contributed by atoms with Crippen molar-refractivity contribution in [3.8, 4) is 39.1 Å². The Labute approximate surface area is 425 Å². The fourth-order valence-corrected chi connectivity index (χ4v) is 12.6. The van der Waals surface area contributed by atoms with E-state index < -0.39 is 0 Å². The van der Waals surface area contributed by atoms with Crippen LogP contribution in [0.15, 0.2) is 244 Å². The maximum atomic E-state index is 6.82. The van der Waals surface area contributed by atoms with Gasteiger partial charge in [-0.25, -0.2) is 0 Å². The van der Waals surface area contributed by atoms with Crippen LogP contribution >= 0.6 is 0 Å². The van der Waals surface area contributed by atoms with Crippen LogP contribution in [-0.4, -0.2) is 4.57 Å². The molecule has 4 heterocycles. The van der Waals surface area contributed by atoms with E-state index >= 15 is 0 Å². The van der Waals surface area contributed by atoms with Crippen LogP contribution in [-0.2, 0) is 5.41 Å². The van der Waals surface area contributed by atoms with Gasteiger partial charge in [-0.3, -0.25) is 0 Å². The molecule has 11 aromatic carbocycles. The third-order valence-corrected chi connectivity index (χ3v) is 16.0. The van der Waals surface area contributed by atoms with Crippen molar-refractivity contribution in [1.82, 2.24) is 4.57 Å². The van der Waals surface area contributed by atoms with Crippen LogP contribution in [0.3, 0.4) is 0 Å². The average Bonchev–Trinajstić information content (AvgIpc) is 4.27. The SMILES string of the molecule is CC1(C)c2ccccc2-c2c(N(c3ccc(-c4cccc5c4oc4ccccc45)cc3)c3cccc4oc5ccc(-c6ccc7c(c6)c6ccccc6n7-c6cccc7c6oc6ccccc67)cc5c34)cccc21. The summed E-state index contributed by atoms with van der Waals surface area (Å²) in [6.45, 7) is 4.70. The van der Waals surface area contributed by atoms with Crippen LogP contribution in [0.25, 0.3) is 127 Å². The number of fused-ring (bicyclic) bond motifs is 15. The third kappa shape index (κ3) is 5.75. The zero-order valence-corrected chi connectivity index (χ0v) is 40.6. The highest BCUT2D eigenvalue weighted by atomic mass is 16.3. The lowest BCUT2D eigenvalue weighted by Gasteiger charge is -2.29. The summed E-state index contributed by atoms with van der Waals surface area (Å²) in [6, 6.07) is 82.9. The molecular formula is C69H44N2O3. The number of nitrogens with zero attached hydrogens (tertiary/aromatic N) is 2. The molecule has 0 atom stereocenters. The lowest BCUT2D eigenvalue weighted by molar-refractivity contribution is 0.660. The molecule has 0 unspecified atom stereocenters. The number of hydrogen-bond acceptors (Lipinski definition) is 4. The van der Waals surface area contributed by atoms with E-state index in [1.165, 1.54) is 33.0 Å². The Balaban J connectivity index is 0.882. The molecule has 0 radical (unpaired) electrons. The number of hydrogen-bond donors (Lipinski definition) is 0. The van der Waals surface area contributed by atoms with Crippen molar-refractivity contribution in [1.29, 1.82) is 0 Å². The summed E-state index contributed by atoms with van der Waals surface area (Å²) in [5.41, 5.74) is 21.1. The molecule has 0 saturated heterocycles. The van der Waals surface area contributed by atoms with Gasteiger partial charge in [-0.15, -0.1) is 0 Å². The monoisotopic (exact) mass is 948 g/mol. The molecular weight excluding hydrogens is 905 g/mol. The molecule has 5 heteroatoms. The highest BCUT2D eigenvalue weighted by molar-refractivity contribution is 6.17. The van der Waals surface area contributed by atoms with Crippen molar-refractivity contribution in [2.24, 2.45) is 0 Å². The molecule has 0 N–H and O–H groups in total. The Morgan fingerprint density at radius 2 is 0.919 bits per heavy atom. The molecule has 15 aromatic rings. The van der Waals surface area contributed by atoms with Crippen LogP contribution in [0.4, 0.5) is 17.1 Å². The van der Waals surface area contributed by atoms with Crippen molar-refractivity contribution < 1.29 is 13.3 Å². The topological polar surface area (TPSA) is 47.6 Å². The second-order valence-corrected chi connectivity index (χ2v) is 20.3. The van der Waals surface area contributed by atoms with E-state index in [2.05, 4.69) is 230 Å². The number of aromatic nitrogens is 1. The highest BCUT2D eigenvalue weighted by Crippen LogP contribution is 2.55. The van der Waals surface area contributed by atoms with Crippen LogP contribution < -0.4 is 4.90 Å². The minimum Gasteiger partial charge on any atom is -0.456 e. The summed E-state index contributed by atoms with van der Waals surface area (Å²) < 4.78 is 22.3. The fourth-order valence-electron chi connectivity index (χ4n) is 12.6. The molecule has 0 fully saturated rings. The highest BCUT2D eigenvalue weighted by Gasteiger charge is 2.38. The van der Waals surface area contributed by atoms with E-state index in [9.17, 15) is 0 Å². The number of anilines is 3. The van der Waals surface area contributed by atoms with E-state index in [-0.39, 0.29) is 5.41 Å². The van der Waals surface area contributed by atoms with E-state index in [4.69, 9.17) is 13.3 Å². The largest absolute Gasteiger partial charge is 0.456 e. The smallest absolute Gasteiger partial charge is 0.159 e. The summed E-state index contributed by atoms with van der Waals surface area (Å²) in [7, 11) is 0. The summed E-state index contributed by atoms with van der Waals surface area (Å²) in [5.74, 6) is 0. The van der Waals surface area contributed by atoms with Gasteiger partial charge in [0.1, 0.15) is 27.9 Å². The van der Waals surface area contributed by atoms with Gasteiger partial charge in [0.25, 0.3) is 0 Å². The van der Waals surface area contributed by atoms with Gasteiger partial charge in [-0.2, -0.15) is 0 Å². The van der Waals surface area contributed by atoms with Crippen LogP contribution in [0.2, 0.25) is 0 Å². The van der Waals surface area contributed by atoms with Crippen molar-refractivity contribution >= 4 is 105 Å². The van der Waals surface area contributed by atoms with E-state index in [1.807, 2.05) is 24.3 Å². The average molecular weight is 949 g/mol. The fraction of sp³-hybridized carbons (Fsp3) is 0.0435. The molecule has 16 rings (SSSR count). The first-order chi connectivity index (χ1) is 36.5. The maximum absolute atomic E-state index is 6.82. The molecule has 0 amide bonds. The molecule has 1 aliphatic carbocycles. The minimum atomic E-state index is -0.180. The van der Waals surface area contributed by atoms with Crippen LogP contribution in [0, 0.1) is 0 Å². The first-order valence-corrected chi connectivity index (χ1v) is 25.4. The van der Waals surface area contributed by atoms with E-state index in [0.717, 1.165) is 122 Å². The van der Waals surface area contributed by atoms with Gasteiger partial charge in [0.2, 0.25) is 0 Å². The Hall–Kier alpha value is -9.58. The van der Waals surface area contributed by atoms with Gasteiger partial charge in [0.05, 0.1) is 33.5 Å².